The Morgan fingerprint density at radius 3 is 2.48 bits per heavy atom. The molecule has 0 bridgehead atoms. The fraction of sp³-hybridized carbons (Fsp3) is 0.217. The third kappa shape index (κ3) is 4.38. The van der Waals surface area contributed by atoms with Crippen LogP contribution in [0.1, 0.15) is 15.9 Å². The molecule has 4 rings (SSSR count). The monoisotopic (exact) mass is 389 g/mol. The highest BCUT2D eigenvalue weighted by Gasteiger charge is 2.25. The predicted molar refractivity (Wildman–Crippen MR) is 114 cm³/mol. The molecule has 29 heavy (non-hydrogen) atoms. The summed E-state index contributed by atoms with van der Waals surface area (Å²) in [7, 11) is 0. The second-order valence-electron chi connectivity index (χ2n) is 7.43. The van der Waals surface area contributed by atoms with Crippen molar-refractivity contribution in [3.05, 3.63) is 77.9 Å². The van der Waals surface area contributed by atoms with Crippen molar-refractivity contribution in [3.8, 4) is 0 Å². The van der Waals surface area contributed by atoms with Gasteiger partial charge in [0, 0.05) is 16.8 Å². The van der Waals surface area contributed by atoms with Crippen LogP contribution >= 0.6 is 0 Å². The number of primary amides is 1. The number of fused-ring (bicyclic) bond motifs is 1. The van der Waals surface area contributed by atoms with Gasteiger partial charge in [-0.1, -0.05) is 48.5 Å². The highest BCUT2D eigenvalue weighted by molar-refractivity contribution is 5.96. The Bertz CT molecular complexity index is 1040. The molecule has 0 aliphatic carbocycles. The maximum absolute atomic E-state index is 12.9. The molecule has 0 radical (unpaired) electrons. The lowest BCUT2D eigenvalue weighted by Crippen LogP contribution is -3.13. The van der Waals surface area contributed by atoms with E-state index >= 15 is 0 Å². The van der Waals surface area contributed by atoms with Crippen molar-refractivity contribution < 1.29 is 14.5 Å². The van der Waals surface area contributed by atoms with Crippen LogP contribution in [0.2, 0.25) is 0 Å². The van der Waals surface area contributed by atoms with Gasteiger partial charge in [-0.25, -0.2) is 4.79 Å². The summed E-state index contributed by atoms with van der Waals surface area (Å²) in [5, 5.41) is 5.09. The molecular formula is C23H25N4O2+. The molecule has 1 heterocycles. The van der Waals surface area contributed by atoms with E-state index in [1.54, 1.807) is 24.3 Å². The second-order valence-corrected chi connectivity index (χ2v) is 7.43. The number of urea groups is 1. The smallest absolute Gasteiger partial charge is 0.316 e. The minimum atomic E-state index is -0.639. The molecule has 3 aromatic carbocycles. The number of rotatable bonds is 4. The normalized spacial score (nSPS) is 14.7. The van der Waals surface area contributed by atoms with Gasteiger partial charge in [-0.15, -0.1) is 0 Å². The molecule has 148 valence electrons. The third-order valence-electron chi connectivity index (χ3n) is 5.46. The van der Waals surface area contributed by atoms with Crippen molar-refractivity contribution in [2.45, 2.75) is 6.54 Å². The molecule has 1 saturated heterocycles. The average molecular weight is 389 g/mol. The lowest BCUT2D eigenvalue weighted by Gasteiger charge is -2.32. The zero-order valence-electron chi connectivity index (χ0n) is 16.2. The molecule has 0 saturated carbocycles. The first-order valence-electron chi connectivity index (χ1n) is 9.86. The molecule has 1 aliphatic heterocycles. The zero-order valence-corrected chi connectivity index (χ0v) is 16.2. The van der Waals surface area contributed by atoms with E-state index < -0.39 is 6.03 Å². The van der Waals surface area contributed by atoms with Gasteiger partial charge in [0.1, 0.15) is 6.54 Å². The van der Waals surface area contributed by atoms with Crippen molar-refractivity contribution in [2.24, 2.45) is 5.73 Å². The number of quaternary nitrogens is 1. The maximum Gasteiger partial charge on any atom is 0.316 e. The van der Waals surface area contributed by atoms with Crippen molar-refractivity contribution in [2.75, 3.05) is 31.5 Å². The number of amides is 3. The Balaban J connectivity index is 1.39. The largest absolute Gasteiger partial charge is 0.351 e. The first-order chi connectivity index (χ1) is 14.1. The van der Waals surface area contributed by atoms with Crippen LogP contribution in [-0.2, 0) is 6.54 Å². The number of nitrogens with two attached hydrogens (primary N) is 1. The van der Waals surface area contributed by atoms with Crippen molar-refractivity contribution in [1.82, 2.24) is 4.90 Å². The van der Waals surface area contributed by atoms with Gasteiger partial charge in [0.05, 0.1) is 26.2 Å². The van der Waals surface area contributed by atoms with E-state index in [4.69, 9.17) is 5.73 Å². The molecule has 1 fully saturated rings. The number of piperazine rings is 1. The van der Waals surface area contributed by atoms with Crippen LogP contribution in [-0.4, -0.2) is 43.0 Å². The van der Waals surface area contributed by atoms with Gasteiger partial charge >= 0.3 is 6.03 Å². The topological polar surface area (TPSA) is 79.9 Å². The van der Waals surface area contributed by atoms with Gasteiger partial charge in [-0.2, -0.15) is 0 Å². The molecule has 0 aromatic heterocycles. The van der Waals surface area contributed by atoms with Crippen molar-refractivity contribution in [1.29, 1.82) is 0 Å². The van der Waals surface area contributed by atoms with Gasteiger partial charge in [0.15, 0.2) is 0 Å². The van der Waals surface area contributed by atoms with E-state index in [2.05, 4.69) is 47.8 Å². The van der Waals surface area contributed by atoms with Gasteiger partial charge in [0.2, 0.25) is 0 Å². The van der Waals surface area contributed by atoms with Crippen LogP contribution in [0.15, 0.2) is 66.7 Å². The molecule has 3 aromatic rings. The molecule has 0 atom stereocenters. The Labute approximate surface area is 169 Å². The zero-order chi connectivity index (χ0) is 20.2. The van der Waals surface area contributed by atoms with E-state index in [0.29, 0.717) is 24.3 Å². The van der Waals surface area contributed by atoms with E-state index in [-0.39, 0.29) is 5.91 Å². The fourth-order valence-corrected chi connectivity index (χ4v) is 3.97. The molecule has 6 nitrogen and oxygen atoms in total. The van der Waals surface area contributed by atoms with Gasteiger partial charge in [0.25, 0.3) is 5.91 Å². The average Bonchev–Trinajstić information content (AvgIpc) is 2.74. The van der Waals surface area contributed by atoms with Crippen LogP contribution in [0.25, 0.3) is 10.8 Å². The van der Waals surface area contributed by atoms with Crippen LogP contribution in [0, 0.1) is 0 Å². The highest BCUT2D eigenvalue weighted by Crippen LogP contribution is 2.18. The Morgan fingerprint density at radius 2 is 1.69 bits per heavy atom. The van der Waals surface area contributed by atoms with E-state index in [0.717, 1.165) is 19.6 Å². The van der Waals surface area contributed by atoms with Gasteiger partial charge in [-0.3, -0.25) is 4.79 Å². The Kier molecular flexibility index (Phi) is 5.44. The van der Waals surface area contributed by atoms with Crippen molar-refractivity contribution >= 4 is 28.4 Å². The minimum Gasteiger partial charge on any atom is -0.351 e. The van der Waals surface area contributed by atoms with Crippen LogP contribution in [0.5, 0.6) is 0 Å². The first-order valence-corrected chi connectivity index (χ1v) is 9.86. The third-order valence-corrected chi connectivity index (χ3v) is 5.46. The van der Waals surface area contributed by atoms with Crippen LogP contribution < -0.4 is 16.0 Å². The standard InChI is InChI=1S/C23H24N4O2/c24-23(29)25-20-9-4-7-18(15-20)22(28)27-13-11-26(12-14-27)16-19-8-3-6-17-5-1-2-10-21(17)19/h1-10,15H,11-14,16H2,(H3,24,25,29)/p+1. The lowest BCUT2D eigenvalue weighted by molar-refractivity contribution is -0.917. The maximum atomic E-state index is 12.9. The van der Waals surface area contributed by atoms with Crippen LogP contribution in [0.4, 0.5) is 10.5 Å². The van der Waals surface area contributed by atoms with E-state index in [9.17, 15) is 9.59 Å². The molecule has 0 spiro atoms. The molecule has 4 N–H and O–H groups in total. The summed E-state index contributed by atoms with van der Waals surface area (Å²) in [6.45, 7) is 4.21. The molecule has 3 amide bonds. The van der Waals surface area contributed by atoms with Crippen LogP contribution in [0.3, 0.4) is 0 Å². The number of carbonyl (C=O) groups excluding carboxylic acids is 2. The first kappa shape index (κ1) is 19.0. The van der Waals surface area contributed by atoms with E-state index in [1.807, 2.05) is 4.90 Å². The number of nitrogens with one attached hydrogen (secondary N) is 2. The number of carbonyl (C=O) groups is 2. The summed E-state index contributed by atoms with van der Waals surface area (Å²) in [4.78, 5) is 27.2. The van der Waals surface area contributed by atoms with Gasteiger partial charge in [-0.05, 0) is 29.0 Å². The Morgan fingerprint density at radius 1 is 0.966 bits per heavy atom. The number of nitrogens with zero attached hydrogens (tertiary/aromatic N) is 1. The molecule has 6 heteroatoms. The number of benzene rings is 3. The molecule has 1 aliphatic rings. The fourth-order valence-electron chi connectivity index (χ4n) is 3.97. The quantitative estimate of drug-likeness (QED) is 0.637. The summed E-state index contributed by atoms with van der Waals surface area (Å²) in [5.74, 6) is -0.0117. The molecular weight excluding hydrogens is 364 g/mol. The summed E-state index contributed by atoms with van der Waals surface area (Å²) >= 11 is 0. The number of hydrogen-bond donors (Lipinski definition) is 3. The lowest BCUT2D eigenvalue weighted by atomic mass is 10.0. The van der Waals surface area contributed by atoms with E-state index in [1.165, 1.54) is 21.2 Å². The second kappa shape index (κ2) is 8.32. The minimum absolute atomic E-state index is 0.0117. The summed E-state index contributed by atoms with van der Waals surface area (Å²) in [6.07, 6.45) is 0. The number of anilines is 1. The van der Waals surface area contributed by atoms with Crippen molar-refractivity contribution in [3.63, 3.8) is 0 Å². The number of hydrogen-bond acceptors (Lipinski definition) is 2. The van der Waals surface area contributed by atoms with Gasteiger partial charge < -0.3 is 20.9 Å². The predicted octanol–water partition coefficient (Wildman–Crippen LogP) is 1.87. The summed E-state index contributed by atoms with van der Waals surface area (Å²) in [5.41, 5.74) is 7.60. The SMILES string of the molecule is NC(=O)Nc1cccc(C(=O)N2CC[NH+](Cc3cccc4ccccc34)CC2)c1. The molecule has 0 unspecified atom stereocenters. The Hall–Kier alpha value is -3.38. The summed E-state index contributed by atoms with van der Waals surface area (Å²) < 4.78 is 0. The summed E-state index contributed by atoms with van der Waals surface area (Å²) in [6, 6.07) is 21.2. The highest BCUT2D eigenvalue weighted by atomic mass is 16.2.